The molecule has 33 heavy (non-hydrogen) atoms. The smallest absolute Gasteiger partial charge is 0.416 e. The second-order valence-electron chi connectivity index (χ2n) is 7.28. The number of alkyl halides is 3. The van der Waals surface area contributed by atoms with Crippen molar-refractivity contribution in [2.75, 3.05) is 23.1 Å². The molecule has 1 atom stereocenters. The van der Waals surface area contributed by atoms with Crippen molar-refractivity contribution < 1.29 is 27.5 Å². The standard InChI is InChI=1S/C24H19F3N2O3S/c1-32-20-11-9-19(10-12-20)29-21(30)14-33-23(29)15-5-7-18(8-6-15)28-22(31)16-3-2-4-17(13-16)24(25,26)27/h2-13,23H,14H2,1H3,(H,28,31)/t23-/m1/s1. The second-order valence-corrected chi connectivity index (χ2v) is 8.35. The van der Waals surface area contributed by atoms with Crippen LogP contribution >= 0.6 is 11.8 Å². The van der Waals surface area contributed by atoms with E-state index in [1.165, 1.54) is 23.9 Å². The molecule has 1 saturated heterocycles. The van der Waals surface area contributed by atoms with Crippen molar-refractivity contribution in [2.24, 2.45) is 0 Å². The van der Waals surface area contributed by atoms with Crippen molar-refractivity contribution in [2.45, 2.75) is 11.6 Å². The van der Waals surface area contributed by atoms with Crippen molar-refractivity contribution in [3.05, 3.63) is 89.5 Å². The van der Waals surface area contributed by atoms with Crippen LogP contribution in [0.5, 0.6) is 5.75 Å². The maximum absolute atomic E-state index is 12.9. The summed E-state index contributed by atoms with van der Waals surface area (Å²) in [6.45, 7) is 0. The number of carbonyl (C=O) groups excluding carboxylic acids is 2. The molecule has 9 heteroatoms. The first-order chi connectivity index (χ1) is 15.8. The summed E-state index contributed by atoms with van der Waals surface area (Å²) in [5, 5.41) is 2.37. The number of methoxy groups -OCH3 is 1. The summed E-state index contributed by atoms with van der Waals surface area (Å²) < 4.78 is 43.9. The Hall–Kier alpha value is -3.46. The minimum atomic E-state index is -4.52. The molecule has 1 N–H and O–H groups in total. The maximum Gasteiger partial charge on any atom is 0.416 e. The summed E-state index contributed by atoms with van der Waals surface area (Å²) in [5.41, 5.74) is 1.08. The number of hydrogen-bond acceptors (Lipinski definition) is 4. The molecule has 0 radical (unpaired) electrons. The number of thioether (sulfide) groups is 1. The van der Waals surface area contributed by atoms with Gasteiger partial charge in [-0.05, 0) is 60.2 Å². The van der Waals surface area contributed by atoms with Gasteiger partial charge in [-0.1, -0.05) is 18.2 Å². The summed E-state index contributed by atoms with van der Waals surface area (Å²) in [7, 11) is 1.57. The Morgan fingerprint density at radius 1 is 1.06 bits per heavy atom. The molecule has 5 nitrogen and oxygen atoms in total. The van der Waals surface area contributed by atoms with Gasteiger partial charge in [0.1, 0.15) is 11.1 Å². The fraction of sp³-hybridized carbons (Fsp3) is 0.167. The first-order valence-electron chi connectivity index (χ1n) is 9.92. The van der Waals surface area contributed by atoms with Crippen molar-refractivity contribution in [1.82, 2.24) is 0 Å². The highest BCUT2D eigenvalue weighted by Gasteiger charge is 2.34. The number of benzene rings is 3. The molecule has 0 aromatic heterocycles. The van der Waals surface area contributed by atoms with E-state index in [1.54, 1.807) is 48.4 Å². The van der Waals surface area contributed by atoms with E-state index in [1.807, 2.05) is 12.1 Å². The van der Waals surface area contributed by atoms with Gasteiger partial charge in [0.25, 0.3) is 5.91 Å². The van der Waals surface area contributed by atoms with Crippen LogP contribution in [-0.2, 0) is 11.0 Å². The van der Waals surface area contributed by atoms with Crippen molar-refractivity contribution in [3.8, 4) is 5.75 Å². The first kappa shape index (κ1) is 22.7. The van der Waals surface area contributed by atoms with Gasteiger partial charge in [-0.3, -0.25) is 14.5 Å². The molecule has 170 valence electrons. The van der Waals surface area contributed by atoms with Crippen LogP contribution in [0.3, 0.4) is 0 Å². The van der Waals surface area contributed by atoms with E-state index < -0.39 is 17.6 Å². The highest BCUT2D eigenvalue weighted by molar-refractivity contribution is 8.00. The number of ether oxygens (including phenoxy) is 1. The predicted octanol–water partition coefficient (Wildman–Crippen LogP) is 5.74. The van der Waals surface area contributed by atoms with E-state index in [0.29, 0.717) is 17.2 Å². The molecule has 3 aromatic rings. The van der Waals surface area contributed by atoms with Gasteiger partial charge in [0.2, 0.25) is 5.91 Å². The molecule has 0 saturated carbocycles. The van der Waals surface area contributed by atoms with Crippen LogP contribution in [0, 0.1) is 0 Å². The van der Waals surface area contributed by atoms with Gasteiger partial charge in [-0.2, -0.15) is 13.2 Å². The van der Waals surface area contributed by atoms with Crippen LogP contribution in [0.1, 0.15) is 26.9 Å². The summed E-state index contributed by atoms with van der Waals surface area (Å²) in [4.78, 5) is 26.6. The van der Waals surface area contributed by atoms with Gasteiger partial charge in [0, 0.05) is 16.9 Å². The molecular formula is C24H19F3N2O3S. The molecule has 1 heterocycles. The Labute approximate surface area is 192 Å². The molecule has 0 unspecified atom stereocenters. The van der Waals surface area contributed by atoms with E-state index >= 15 is 0 Å². The maximum atomic E-state index is 12.9. The Morgan fingerprint density at radius 2 is 1.76 bits per heavy atom. The predicted molar refractivity (Wildman–Crippen MR) is 122 cm³/mol. The normalized spacial score (nSPS) is 16.1. The van der Waals surface area contributed by atoms with Crippen LogP contribution < -0.4 is 15.0 Å². The lowest BCUT2D eigenvalue weighted by molar-refractivity contribution is -0.137. The third kappa shape index (κ3) is 4.98. The van der Waals surface area contributed by atoms with Crippen LogP contribution in [-0.4, -0.2) is 24.7 Å². The minimum Gasteiger partial charge on any atom is -0.497 e. The zero-order chi connectivity index (χ0) is 23.6. The summed E-state index contributed by atoms with van der Waals surface area (Å²) in [6.07, 6.45) is -4.52. The SMILES string of the molecule is COc1ccc(N2C(=O)CS[C@@H]2c2ccc(NC(=O)c3cccc(C(F)(F)F)c3)cc2)cc1. The van der Waals surface area contributed by atoms with Crippen LogP contribution in [0.15, 0.2) is 72.8 Å². The quantitative estimate of drug-likeness (QED) is 0.514. The Morgan fingerprint density at radius 3 is 2.39 bits per heavy atom. The average molecular weight is 472 g/mol. The monoisotopic (exact) mass is 472 g/mol. The van der Waals surface area contributed by atoms with Crippen molar-refractivity contribution in [3.63, 3.8) is 0 Å². The number of rotatable bonds is 5. The number of nitrogens with one attached hydrogen (secondary N) is 1. The molecule has 0 aliphatic carbocycles. The first-order valence-corrected chi connectivity index (χ1v) is 11.0. The Bertz CT molecular complexity index is 1160. The topological polar surface area (TPSA) is 58.6 Å². The molecule has 2 amide bonds. The van der Waals surface area contributed by atoms with Gasteiger partial charge >= 0.3 is 6.18 Å². The summed E-state index contributed by atoms with van der Waals surface area (Å²) >= 11 is 1.49. The van der Waals surface area contributed by atoms with Crippen LogP contribution in [0.2, 0.25) is 0 Å². The van der Waals surface area contributed by atoms with E-state index in [0.717, 1.165) is 23.4 Å². The molecule has 3 aromatic carbocycles. The lowest BCUT2D eigenvalue weighted by Gasteiger charge is -2.24. The van der Waals surface area contributed by atoms with Gasteiger partial charge in [-0.25, -0.2) is 0 Å². The second kappa shape index (κ2) is 9.19. The van der Waals surface area contributed by atoms with Crippen molar-refractivity contribution in [1.29, 1.82) is 0 Å². The number of hydrogen-bond donors (Lipinski definition) is 1. The van der Waals surface area contributed by atoms with E-state index in [2.05, 4.69) is 5.32 Å². The number of carbonyl (C=O) groups is 2. The number of halogens is 3. The zero-order valence-corrected chi connectivity index (χ0v) is 18.2. The van der Waals surface area contributed by atoms with E-state index in [9.17, 15) is 22.8 Å². The molecule has 1 fully saturated rings. The van der Waals surface area contributed by atoms with E-state index in [4.69, 9.17) is 4.74 Å². The highest BCUT2D eigenvalue weighted by atomic mass is 32.2. The fourth-order valence-electron chi connectivity index (χ4n) is 3.46. The number of anilines is 2. The largest absolute Gasteiger partial charge is 0.497 e. The lowest BCUT2D eigenvalue weighted by Crippen LogP contribution is -2.27. The zero-order valence-electron chi connectivity index (χ0n) is 17.4. The number of nitrogens with zero attached hydrogens (tertiary/aromatic N) is 1. The molecular weight excluding hydrogens is 453 g/mol. The molecule has 0 bridgehead atoms. The summed E-state index contributed by atoms with van der Waals surface area (Å²) in [5.74, 6) is 0.372. The van der Waals surface area contributed by atoms with Crippen LogP contribution in [0.4, 0.5) is 24.5 Å². The lowest BCUT2D eigenvalue weighted by atomic mass is 10.1. The van der Waals surface area contributed by atoms with Gasteiger partial charge < -0.3 is 10.1 Å². The summed E-state index contributed by atoms with van der Waals surface area (Å²) in [6, 6.07) is 18.4. The Kier molecular flexibility index (Phi) is 6.33. The minimum absolute atomic E-state index is 0.0166. The van der Waals surface area contributed by atoms with Gasteiger partial charge in [0.05, 0.1) is 18.4 Å². The third-order valence-electron chi connectivity index (χ3n) is 5.12. The average Bonchev–Trinajstić information content (AvgIpc) is 3.20. The fourth-order valence-corrected chi connectivity index (χ4v) is 4.64. The van der Waals surface area contributed by atoms with Crippen molar-refractivity contribution >= 4 is 35.0 Å². The highest BCUT2D eigenvalue weighted by Crippen LogP contribution is 2.42. The Balaban J connectivity index is 1.49. The van der Waals surface area contributed by atoms with Gasteiger partial charge in [-0.15, -0.1) is 11.8 Å². The van der Waals surface area contributed by atoms with Crippen LogP contribution in [0.25, 0.3) is 0 Å². The third-order valence-corrected chi connectivity index (χ3v) is 6.34. The van der Waals surface area contributed by atoms with E-state index in [-0.39, 0.29) is 16.8 Å². The molecule has 1 aliphatic heterocycles. The number of amides is 2. The molecule has 4 rings (SSSR count). The van der Waals surface area contributed by atoms with Gasteiger partial charge in [0.15, 0.2) is 0 Å². The molecule has 1 aliphatic rings. The molecule has 0 spiro atoms.